The molecule has 21 heavy (non-hydrogen) atoms. The molecule has 2 rings (SSSR count). The van der Waals surface area contributed by atoms with E-state index in [1.165, 1.54) is 0 Å². The fourth-order valence-corrected chi connectivity index (χ4v) is 2.96. The number of likely N-dealkylation sites (tertiary alicyclic amines) is 1. The van der Waals surface area contributed by atoms with Gasteiger partial charge in [0.25, 0.3) is 0 Å². The molecule has 0 saturated carbocycles. The summed E-state index contributed by atoms with van der Waals surface area (Å²) in [5, 5.41) is 0. The molecule has 0 bridgehead atoms. The van der Waals surface area contributed by atoms with Crippen LogP contribution < -0.4 is 10.5 Å². The van der Waals surface area contributed by atoms with Crippen molar-refractivity contribution in [2.45, 2.75) is 38.1 Å². The largest absolute Gasteiger partial charge is 0.497 e. The van der Waals surface area contributed by atoms with E-state index in [9.17, 15) is 4.79 Å². The smallest absolute Gasteiger partial charge is 0.223 e. The second kappa shape index (κ2) is 7.41. The molecule has 1 heterocycles. The van der Waals surface area contributed by atoms with Gasteiger partial charge in [-0.1, -0.05) is 24.4 Å². The number of nitrogens with zero attached hydrogens (tertiary/aromatic N) is 1. The number of rotatable bonds is 5. The molecule has 1 aliphatic heterocycles. The predicted octanol–water partition coefficient (Wildman–Crippen LogP) is 2.30. The molecule has 1 fully saturated rings. The van der Waals surface area contributed by atoms with Crippen LogP contribution in [0.25, 0.3) is 0 Å². The summed E-state index contributed by atoms with van der Waals surface area (Å²) < 4.78 is 5.13. The highest BCUT2D eigenvalue weighted by Gasteiger charge is 2.28. The number of piperidine rings is 1. The Hall–Kier alpha value is -1.62. The molecular formula is C16H22N2O2S. The fraction of sp³-hybridized carbons (Fsp3) is 0.500. The molecule has 5 heteroatoms. The number of hydrogen-bond donors (Lipinski definition) is 1. The number of benzene rings is 1. The summed E-state index contributed by atoms with van der Waals surface area (Å²) in [5.74, 6) is 0.970. The Kier molecular flexibility index (Phi) is 5.56. The molecule has 0 radical (unpaired) electrons. The zero-order valence-corrected chi connectivity index (χ0v) is 13.2. The van der Waals surface area contributed by atoms with Gasteiger partial charge in [-0.25, -0.2) is 0 Å². The molecule has 1 saturated heterocycles. The summed E-state index contributed by atoms with van der Waals surface area (Å²) in [6.07, 6.45) is 4.23. The molecule has 1 amide bonds. The number of hydrogen-bond acceptors (Lipinski definition) is 3. The number of carbonyl (C=O) groups is 1. The maximum atomic E-state index is 12.4. The van der Waals surface area contributed by atoms with E-state index in [4.69, 9.17) is 22.7 Å². The first-order valence-corrected chi connectivity index (χ1v) is 7.74. The van der Waals surface area contributed by atoms with Gasteiger partial charge in [-0.2, -0.15) is 0 Å². The Morgan fingerprint density at radius 2 is 2.10 bits per heavy atom. The molecule has 0 aromatic heterocycles. The zero-order valence-electron chi connectivity index (χ0n) is 12.4. The van der Waals surface area contributed by atoms with Crippen molar-refractivity contribution in [3.63, 3.8) is 0 Å². The van der Waals surface area contributed by atoms with Crippen LogP contribution in [0.2, 0.25) is 0 Å². The van der Waals surface area contributed by atoms with Crippen molar-refractivity contribution in [2.24, 2.45) is 5.73 Å². The number of aryl methyl sites for hydroxylation is 1. The van der Waals surface area contributed by atoms with Gasteiger partial charge in [0.2, 0.25) is 5.91 Å². The lowest BCUT2D eigenvalue weighted by Gasteiger charge is -2.35. The SMILES string of the molecule is COc1ccc(CCC(=O)N2CCCCC2C(N)=S)cc1. The summed E-state index contributed by atoms with van der Waals surface area (Å²) in [7, 11) is 1.64. The van der Waals surface area contributed by atoms with Crippen LogP contribution in [0.3, 0.4) is 0 Å². The van der Waals surface area contributed by atoms with Crippen LogP contribution in [-0.4, -0.2) is 35.5 Å². The lowest BCUT2D eigenvalue weighted by Crippen LogP contribution is -2.49. The number of methoxy groups -OCH3 is 1. The van der Waals surface area contributed by atoms with E-state index in [2.05, 4.69) is 0 Å². The number of amides is 1. The quantitative estimate of drug-likeness (QED) is 0.848. The second-order valence-corrected chi connectivity index (χ2v) is 5.82. The van der Waals surface area contributed by atoms with Gasteiger partial charge in [0, 0.05) is 13.0 Å². The lowest BCUT2D eigenvalue weighted by molar-refractivity contribution is -0.133. The molecule has 0 aliphatic carbocycles. The van der Waals surface area contributed by atoms with Crippen molar-refractivity contribution in [2.75, 3.05) is 13.7 Å². The topological polar surface area (TPSA) is 55.6 Å². The summed E-state index contributed by atoms with van der Waals surface area (Å²) in [6, 6.07) is 7.76. The molecule has 1 atom stereocenters. The molecule has 0 spiro atoms. The van der Waals surface area contributed by atoms with Crippen molar-refractivity contribution >= 4 is 23.1 Å². The van der Waals surface area contributed by atoms with Crippen molar-refractivity contribution in [1.82, 2.24) is 4.90 Å². The van der Waals surface area contributed by atoms with Gasteiger partial charge >= 0.3 is 0 Å². The fourth-order valence-electron chi connectivity index (χ4n) is 2.71. The van der Waals surface area contributed by atoms with Gasteiger partial charge in [-0.15, -0.1) is 0 Å². The van der Waals surface area contributed by atoms with Gasteiger partial charge < -0.3 is 15.4 Å². The summed E-state index contributed by atoms with van der Waals surface area (Å²) >= 11 is 5.09. The first-order chi connectivity index (χ1) is 10.1. The molecule has 1 aromatic rings. The standard InChI is InChI=1S/C16H22N2O2S/c1-20-13-8-5-12(6-9-13)7-10-15(19)18-11-3-2-4-14(18)16(17)21/h5-6,8-9,14H,2-4,7,10-11H2,1H3,(H2,17,21). The van der Waals surface area contributed by atoms with E-state index < -0.39 is 0 Å². The predicted molar refractivity (Wildman–Crippen MR) is 87.5 cm³/mol. The average Bonchev–Trinajstić information content (AvgIpc) is 2.53. The highest BCUT2D eigenvalue weighted by molar-refractivity contribution is 7.80. The number of carbonyl (C=O) groups excluding carboxylic acids is 1. The van der Waals surface area contributed by atoms with Crippen LogP contribution >= 0.6 is 12.2 Å². The Morgan fingerprint density at radius 3 is 2.71 bits per heavy atom. The van der Waals surface area contributed by atoms with Crippen LogP contribution in [0.5, 0.6) is 5.75 Å². The van der Waals surface area contributed by atoms with Crippen LogP contribution in [0.15, 0.2) is 24.3 Å². The highest BCUT2D eigenvalue weighted by Crippen LogP contribution is 2.19. The maximum Gasteiger partial charge on any atom is 0.223 e. The van der Waals surface area contributed by atoms with Crippen molar-refractivity contribution in [1.29, 1.82) is 0 Å². The van der Waals surface area contributed by atoms with Gasteiger partial charge in [0.15, 0.2) is 0 Å². The van der Waals surface area contributed by atoms with E-state index in [0.29, 0.717) is 11.4 Å². The minimum absolute atomic E-state index is 0.0582. The average molecular weight is 306 g/mol. The maximum absolute atomic E-state index is 12.4. The first kappa shape index (κ1) is 15.8. The monoisotopic (exact) mass is 306 g/mol. The summed E-state index contributed by atoms with van der Waals surface area (Å²) in [4.78, 5) is 14.7. The minimum Gasteiger partial charge on any atom is -0.497 e. The number of nitrogens with two attached hydrogens (primary N) is 1. The van der Waals surface area contributed by atoms with Gasteiger partial charge in [-0.3, -0.25) is 4.79 Å². The van der Waals surface area contributed by atoms with Crippen molar-refractivity contribution in [3.05, 3.63) is 29.8 Å². The lowest BCUT2D eigenvalue weighted by atomic mass is 10.0. The first-order valence-electron chi connectivity index (χ1n) is 7.33. The number of ether oxygens (including phenoxy) is 1. The van der Waals surface area contributed by atoms with Crippen LogP contribution in [0.4, 0.5) is 0 Å². The Labute approximate surface area is 131 Å². The summed E-state index contributed by atoms with van der Waals surface area (Å²) in [5.41, 5.74) is 6.89. The third-order valence-corrected chi connectivity index (χ3v) is 4.21. The van der Waals surface area contributed by atoms with E-state index in [0.717, 1.165) is 43.5 Å². The molecule has 1 aromatic carbocycles. The van der Waals surface area contributed by atoms with E-state index >= 15 is 0 Å². The minimum atomic E-state index is -0.0582. The van der Waals surface area contributed by atoms with Gasteiger partial charge in [-0.05, 0) is 43.4 Å². The Morgan fingerprint density at radius 1 is 1.38 bits per heavy atom. The van der Waals surface area contributed by atoms with Crippen LogP contribution in [0.1, 0.15) is 31.2 Å². The van der Waals surface area contributed by atoms with E-state index in [-0.39, 0.29) is 11.9 Å². The zero-order chi connectivity index (χ0) is 15.2. The molecule has 2 N–H and O–H groups in total. The Balaban J connectivity index is 1.91. The molecule has 4 nitrogen and oxygen atoms in total. The molecule has 1 aliphatic rings. The van der Waals surface area contributed by atoms with Crippen molar-refractivity contribution in [3.8, 4) is 5.75 Å². The molecular weight excluding hydrogens is 284 g/mol. The Bertz CT molecular complexity index is 502. The molecule has 114 valence electrons. The van der Waals surface area contributed by atoms with Crippen LogP contribution in [-0.2, 0) is 11.2 Å². The third kappa shape index (κ3) is 4.17. The highest BCUT2D eigenvalue weighted by atomic mass is 32.1. The van der Waals surface area contributed by atoms with Crippen molar-refractivity contribution < 1.29 is 9.53 Å². The van der Waals surface area contributed by atoms with E-state index in [1.807, 2.05) is 29.2 Å². The normalized spacial score (nSPS) is 18.3. The number of thiocarbonyl (C=S) groups is 1. The summed E-state index contributed by atoms with van der Waals surface area (Å²) in [6.45, 7) is 0.767. The van der Waals surface area contributed by atoms with Crippen LogP contribution in [0, 0.1) is 0 Å². The van der Waals surface area contributed by atoms with Gasteiger partial charge in [0.05, 0.1) is 18.1 Å². The van der Waals surface area contributed by atoms with Gasteiger partial charge in [0.1, 0.15) is 5.75 Å². The third-order valence-electron chi connectivity index (χ3n) is 3.94. The van der Waals surface area contributed by atoms with E-state index in [1.54, 1.807) is 7.11 Å². The molecule has 1 unspecified atom stereocenters. The second-order valence-electron chi connectivity index (χ2n) is 5.35.